The van der Waals surface area contributed by atoms with Crippen LogP contribution in [-0.2, 0) is 9.53 Å². The fourth-order valence-electron chi connectivity index (χ4n) is 2.03. The third-order valence-corrected chi connectivity index (χ3v) is 3.56. The Morgan fingerprint density at radius 1 is 1.17 bits per heavy atom. The maximum Gasteiger partial charge on any atom is 0.223 e. The highest BCUT2D eigenvalue weighted by Gasteiger charge is 2.28. The van der Waals surface area contributed by atoms with Gasteiger partial charge in [-0.3, -0.25) is 9.79 Å². The molecule has 136 valence electrons. The van der Waals surface area contributed by atoms with Crippen molar-refractivity contribution in [2.45, 2.75) is 19.3 Å². The highest BCUT2D eigenvalue weighted by Crippen LogP contribution is 2.28. The van der Waals surface area contributed by atoms with Gasteiger partial charge in [0.05, 0.1) is 0 Å². The molecule has 7 nitrogen and oxygen atoms in total. The van der Waals surface area contributed by atoms with Gasteiger partial charge in [0, 0.05) is 59.4 Å². The lowest BCUT2D eigenvalue weighted by molar-refractivity contribution is -0.122. The third kappa shape index (κ3) is 11.5. The monoisotopic (exact) mass is 441 g/mol. The maximum atomic E-state index is 11.5. The largest absolute Gasteiger partial charge is 0.385 e. The molecule has 0 aromatic rings. The second-order valence-electron chi connectivity index (χ2n) is 5.64. The summed E-state index contributed by atoms with van der Waals surface area (Å²) in [4.78, 5) is 17.9. The first kappa shape index (κ1) is 22.4. The molecule has 3 N–H and O–H groups in total. The van der Waals surface area contributed by atoms with Crippen LogP contribution >= 0.6 is 24.0 Å². The predicted octanol–water partition coefficient (Wildman–Crippen LogP) is 0.264. The summed E-state index contributed by atoms with van der Waals surface area (Å²) in [6.07, 6.45) is 3.13. The number of hydrogen-bond donors (Lipinski definition) is 3. The summed E-state index contributed by atoms with van der Waals surface area (Å²) >= 11 is 0. The van der Waals surface area contributed by atoms with Gasteiger partial charge in [0.15, 0.2) is 5.96 Å². The number of hydrogen-bond acceptors (Lipinski definition) is 4. The van der Waals surface area contributed by atoms with Gasteiger partial charge in [0.25, 0.3) is 0 Å². The second kappa shape index (κ2) is 13.8. The number of nitrogens with one attached hydrogen (secondary N) is 3. The van der Waals surface area contributed by atoms with Crippen LogP contribution in [0.2, 0.25) is 0 Å². The van der Waals surface area contributed by atoms with Crippen LogP contribution in [0.3, 0.4) is 0 Å². The van der Waals surface area contributed by atoms with E-state index in [1.54, 1.807) is 14.2 Å². The van der Waals surface area contributed by atoms with E-state index >= 15 is 0 Å². The zero-order valence-corrected chi connectivity index (χ0v) is 16.9. The molecule has 0 heterocycles. The van der Waals surface area contributed by atoms with E-state index in [0.717, 1.165) is 51.5 Å². The van der Waals surface area contributed by atoms with Gasteiger partial charge in [0.1, 0.15) is 0 Å². The molecule has 0 aromatic heterocycles. The zero-order valence-electron chi connectivity index (χ0n) is 14.6. The van der Waals surface area contributed by atoms with Crippen molar-refractivity contribution in [1.29, 1.82) is 0 Å². The standard InChI is InChI=1S/C15H31N5O2.HI/c1-16-15(18-8-7-17-14(21)13-5-6-13)19-9-11-20(2)10-4-12-22-3;/h13H,4-12H2,1-3H3,(H,17,21)(H2,16,18,19);1H. The van der Waals surface area contributed by atoms with Gasteiger partial charge in [-0.15, -0.1) is 24.0 Å². The minimum Gasteiger partial charge on any atom is -0.385 e. The summed E-state index contributed by atoms with van der Waals surface area (Å²) in [6.45, 7) is 4.91. The SMILES string of the molecule is CN=C(NCCNC(=O)C1CC1)NCCN(C)CCCOC.I. The number of nitrogens with zero attached hydrogens (tertiary/aromatic N) is 2. The van der Waals surface area contributed by atoms with Gasteiger partial charge in [0.2, 0.25) is 5.91 Å². The molecule has 0 bridgehead atoms. The molecule has 0 spiro atoms. The lowest BCUT2D eigenvalue weighted by atomic mass is 10.4. The second-order valence-corrected chi connectivity index (χ2v) is 5.64. The van der Waals surface area contributed by atoms with E-state index in [1.807, 2.05) is 0 Å². The minimum atomic E-state index is 0. The molecular weight excluding hydrogens is 409 g/mol. The Bertz CT molecular complexity index is 351. The number of aliphatic imine (C=N–C) groups is 1. The summed E-state index contributed by atoms with van der Waals surface area (Å²) in [5, 5.41) is 9.39. The zero-order chi connectivity index (χ0) is 16.2. The number of carbonyl (C=O) groups is 1. The average molecular weight is 441 g/mol. The van der Waals surface area contributed by atoms with Gasteiger partial charge >= 0.3 is 0 Å². The van der Waals surface area contributed by atoms with Gasteiger partial charge in [-0.2, -0.15) is 0 Å². The molecule has 23 heavy (non-hydrogen) atoms. The van der Waals surface area contributed by atoms with Crippen LogP contribution in [0.1, 0.15) is 19.3 Å². The Morgan fingerprint density at radius 3 is 2.43 bits per heavy atom. The van der Waals surface area contributed by atoms with Crippen molar-refractivity contribution in [3.8, 4) is 0 Å². The molecule has 0 atom stereocenters. The number of rotatable bonds is 11. The smallest absolute Gasteiger partial charge is 0.223 e. The van der Waals surface area contributed by atoms with Crippen LogP contribution in [0.25, 0.3) is 0 Å². The van der Waals surface area contributed by atoms with Crippen molar-refractivity contribution < 1.29 is 9.53 Å². The Balaban J connectivity index is 0.00000484. The minimum absolute atomic E-state index is 0. The van der Waals surface area contributed by atoms with Crippen LogP contribution in [0.15, 0.2) is 4.99 Å². The number of carbonyl (C=O) groups excluding carboxylic acids is 1. The molecule has 1 fully saturated rings. The van der Waals surface area contributed by atoms with E-state index in [0.29, 0.717) is 13.1 Å². The summed E-state index contributed by atoms with van der Waals surface area (Å²) in [5.74, 6) is 1.22. The van der Waals surface area contributed by atoms with Crippen molar-refractivity contribution in [2.75, 3.05) is 60.5 Å². The molecular formula is C15H32IN5O2. The summed E-state index contributed by atoms with van der Waals surface area (Å²) in [7, 11) is 5.58. The molecule has 1 aliphatic carbocycles. The van der Waals surface area contributed by atoms with Crippen molar-refractivity contribution in [1.82, 2.24) is 20.9 Å². The number of methoxy groups -OCH3 is 1. The van der Waals surface area contributed by atoms with E-state index in [9.17, 15) is 4.79 Å². The molecule has 1 amide bonds. The summed E-state index contributed by atoms with van der Waals surface area (Å²) in [5.41, 5.74) is 0. The van der Waals surface area contributed by atoms with Crippen molar-refractivity contribution in [2.24, 2.45) is 10.9 Å². The van der Waals surface area contributed by atoms with E-state index < -0.39 is 0 Å². The number of likely N-dealkylation sites (N-methyl/N-ethyl adjacent to an activating group) is 1. The Morgan fingerprint density at radius 2 is 1.83 bits per heavy atom. The molecule has 0 unspecified atom stereocenters. The molecule has 0 aromatic carbocycles. The normalized spacial score (nSPS) is 14.3. The number of halogens is 1. The van der Waals surface area contributed by atoms with E-state index in [2.05, 4.69) is 32.9 Å². The van der Waals surface area contributed by atoms with Crippen LogP contribution in [0, 0.1) is 5.92 Å². The Kier molecular flexibility index (Phi) is 13.4. The first-order valence-electron chi connectivity index (χ1n) is 8.07. The van der Waals surface area contributed by atoms with Gasteiger partial charge in [-0.05, 0) is 26.3 Å². The number of amides is 1. The van der Waals surface area contributed by atoms with Gasteiger partial charge in [-0.1, -0.05) is 0 Å². The molecule has 1 aliphatic rings. The summed E-state index contributed by atoms with van der Waals surface area (Å²) < 4.78 is 5.04. The lowest BCUT2D eigenvalue weighted by Crippen LogP contribution is -2.43. The first-order valence-corrected chi connectivity index (χ1v) is 8.07. The number of guanidine groups is 1. The van der Waals surface area contributed by atoms with Crippen LogP contribution in [0.5, 0.6) is 0 Å². The van der Waals surface area contributed by atoms with E-state index in [4.69, 9.17) is 4.74 Å². The van der Waals surface area contributed by atoms with Crippen molar-refractivity contribution in [3.63, 3.8) is 0 Å². The fourth-order valence-corrected chi connectivity index (χ4v) is 2.03. The quantitative estimate of drug-likeness (QED) is 0.186. The molecule has 0 aliphatic heterocycles. The van der Waals surface area contributed by atoms with Crippen molar-refractivity contribution in [3.05, 3.63) is 0 Å². The molecule has 0 saturated heterocycles. The highest BCUT2D eigenvalue weighted by molar-refractivity contribution is 14.0. The fraction of sp³-hybridized carbons (Fsp3) is 0.867. The van der Waals surface area contributed by atoms with Crippen LogP contribution in [0.4, 0.5) is 0 Å². The van der Waals surface area contributed by atoms with Crippen LogP contribution in [-0.4, -0.2) is 77.3 Å². The third-order valence-electron chi connectivity index (χ3n) is 3.56. The highest BCUT2D eigenvalue weighted by atomic mass is 127. The molecule has 8 heteroatoms. The van der Waals surface area contributed by atoms with Crippen molar-refractivity contribution >= 4 is 35.8 Å². The predicted molar refractivity (Wildman–Crippen MR) is 105 cm³/mol. The van der Waals surface area contributed by atoms with E-state index in [-0.39, 0.29) is 35.8 Å². The number of ether oxygens (including phenoxy) is 1. The summed E-state index contributed by atoms with van der Waals surface area (Å²) in [6, 6.07) is 0. The Hall–Kier alpha value is -0.610. The maximum absolute atomic E-state index is 11.5. The first-order chi connectivity index (χ1) is 10.7. The van der Waals surface area contributed by atoms with Crippen LogP contribution < -0.4 is 16.0 Å². The van der Waals surface area contributed by atoms with Gasteiger partial charge < -0.3 is 25.6 Å². The van der Waals surface area contributed by atoms with Gasteiger partial charge in [-0.25, -0.2) is 0 Å². The lowest BCUT2D eigenvalue weighted by Gasteiger charge is -2.18. The topological polar surface area (TPSA) is 78.0 Å². The average Bonchev–Trinajstić information content (AvgIpc) is 3.34. The Labute approximate surface area is 157 Å². The van der Waals surface area contributed by atoms with E-state index in [1.165, 1.54) is 0 Å². The molecule has 1 saturated carbocycles. The molecule has 1 rings (SSSR count). The molecule has 0 radical (unpaired) electrons.